The lowest BCUT2D eigenvalue weighted by Gasteiger charge is -2.38. The maximum atomic E-state index is 13.0. The van der Waals surface area contributed by atoms with E-state index in [9.17, 15) is 4.79 Å². The van der Waals surface area contributed by atoms with Gasteiger partial charge in [-0.3, -0.25) is 4.79 Å². The zero-order valence-corrected chi connectivity index (χ0v) is 12.7. The van der Waals surface area contributed by atoms with Gasteiger partial charge in [-0.05, 0) is 50.9 Å². The van der Waals surface area contributed by atoms with Crippen LogP contribution in [0.5, 0.6) is 0 Å². The summed E-state index contributed by atoms with van der Waals surface area (Å²) in [5.41, 5.74) is 6.08. The van der Waals surface area contributed by atoms with Crippen LogP contribution >= 0.6 is 0 Å². The Kier molecular flexibility index (Phi) is 4.65. The highest BCUT2D eigenvalue weighted by atomic mass is 16.2. The highest BCUT2D eigenvalue weighted by molar-refractivity contribution is 5.79. The summed E-state index contributed by atoms with van der Waals surface area (Å²) in [6, 6.07) is 0.793. The molecule has 2 unspecified atom stereocenters. The number of rotatable bonds is 4. The maximum absolute atomic E-state index is 13.0. The molecular formula is C17H30N2O. The minimum absolute atomic E-state index is 0.222. The summed E-state index contributed by atoms with van der Waals surface area (Å²) in [6.45, 7) is 1.04. The summed E-state index contributed by atoms with van der Waals surface area (Å²) in [5, 5.41) is 0. The molecule has 0 spiro atoms. The minimum Gasteiger partial charge on any atom is -0.339 e. The average Bonchev–Trinajstić information content (AvgIpc) is 3.29. The van der Waals surface area contributed by atoms with E-state index in [0.717, 1.165) is 38.1 Å². The van der Waals surface area contributed by atoms with Crippen molar-refractivity contribution in [2.75, 3.05) is 6.54 Å². The summed E-state index contributed by atoms with van der Waals surface area (Å²) >= 11 is 0. The fourth-order valence-corrected chi connectivity index (χ4v) is 4.08. The van der Waals surface area contributed by atoms with Gasteiger partial charge >= 0.3 is 0 Å². The fraction of sp³-hybridized carbons (Fsp3) is 0.941. The first kappa shape index (κ1) is 14.4. The largest absolute Gasteiger partial charge is 0.339 e. The molecule has 0 aromatic carbocycles. The maximum Gasteiger partial charge on any atom is 0.225 e. The van der Waals surface area contributed by atoms with Crippen LogP contribution in [0.3, 0.4) is 0 Å². The Balaban J connectivity index is 1.64. The molecule has 3 fully saturated rings. The van der Waals surface area contributed by atoms with Gasteiger partial charge in [-0.15, -0.1) is 0 Å². The van der Waals surface area contributed by atoms with Crippen LogP contribution in [-0.4, -0.2) is 29.4 Å². The summed E-state index contributed by atoms with van der Waals surface area (Å²) in [6.07, 6.45) is 13.3. The SMILES string of the molecule is NC1CCCC(C(=O)N(CC2CC2)C2CCCCC2)C1. The summed E-state index contributed by atoms with van der Waals surface area (Å²) in [4.78, 5) is 15.3. The third-order valence-corrected chi connectivity index (χ3v) is 5.51. The first-order valence-electron chi connectivity index (χ1n) is 8.80. The Morgan fingerprint density at radius 3 is 2.35 bits per heavy atom. The minimum atomic E-state index is 0.222. The Hall–Kier alpha value is -0.570. The summed E-state index contributed by atoms with van der Waals surface area (Å²) in [5.74, 6) is 1.47. The predicted molar refractivity (Wildman–Crippen MR) is 81.2 cm³/mol. The van der Waals surface area contributed by atoms with Crippen molar-refractivity contribution in [2.45, 2.75) is 82.7 Å². The molecule has 0 aromatic heterocycles. The Bertz CT molecular complexity index is 334. The molecule has 0 saturated heterocycles. The van der Waals surface area contributed by atoms with Crippen LogP contribution in [0.15, 0.2) is 0 Å². The van der Waals surface area contributed by atoms with Crippen LogP contribution in [0, 0.1) is 11.8 Å². The highest BCUT2D eigenvalue weighted by Gasteiger charge is 2.36. The zero-order chi connectivity index (χ0) is 13.9. The molecule has 3 saturated carbocycles. The molecule has 2 N–H and O–H groups in total. The van der Waals surface area contributed by atoms with Crippen LogP contribution in [0.25, 0.3) is 0 Å². The van der Waals surface area contributed by atoms with E-state index in [1.807, 2.05) is 0 Å². The van der Waals surface area contributed by atoms with Crippen molar-refractivity contribution in [1.82, 2.24) is 4.90 Å². The van der Waals surface area contributed by atoms with Gasteiger partial charge in [-0.2, -0.15) is 0 Å². The van der Waals surface area contributed by atoms with E-state index in [1.54, 1.807) is 0 Å². The molecule has 3 nitrogen and oxygen atoms in total. The highest BCUT2D eigenvalue weighted by Crippen LogP contribution is 2.35. The first-order chi connectivity index (χ1) is 9.74. The lowest BCUT2D eigenvalue weighted by molar-refractivity contribution is -0.140. The molecule has 1 amide bonds. The van der Waals surface area contributed by atoms with E-state index in [0.29, 0.717) is 11.9 Å². The van der Waals surface area contributed by atoms with Crippen molar-refractivity contribution in [1.29, 1.82) is 0 Å². The van der Waals surface area contributed by atoms with E-state index in [-0.39, 0.29) is 12.0 Å². The van der Waals surface area contributed by atoms with E-state index in [2.05, 4.69) is 4.90 Å². The average molecular weight is 278 g/mol. The van der Waals surface area contributed by atoms with Gasteiger partial charge in [0.2, 0.25) is 5.91 Å². The first-order valence-corrected chi connectivity index (χ1v) is 8.80. The number of nitrogens with two attached hydrogens (primary N) is 1. The molecule has 3 rings (SSSR count). The number of hydrogen-bond acceptors (Lipinski definition) is 2. The van der Waals surface area contributed by atoms with E-state index >= 15 is 0 Å². The topological polar surface area (TPSA) is 46.3 Å². The molecule has 3 aliphatic rings. The van der Waals surface area contributed by atoms with Crippen LogP contribution in [0.2, 0.25) is 0 Å². The second kappa shape index (κ2) is 6.46. The molecule has 0 aromatic rings. The molecule has 114 valence electrons. The van der Waals surface area contributed by atoms with Gasteiger partial charge in [0.05, 0.1) is 0 Å². The Morgan fingerprint density at radius 2 is 1.70 bits per heavy atom. The van der Waals surface area contributed by atoms with Crippen LogP contribution in [-0.2, 0) is 4.79 Å². The molecule has 2 atom stereocenters. The van der Waals surface area contributed by atoms with Gasteiger partial charge in [-0.25, -0.2) is 0 Å². The van der Waals surface area contributed by atoms with Crippen molar-refractivity contribution in [3.63, 3.8) is 0 Å². The third-order valence-electron chi connectivity index (χ3n) is 5.51. The quantitative estimate of drug-likeness (QED) is 0.859. The van der Waals surface area contributed by atoms with Gasteiger partial charge in [-0.1, -0.05) is 25.7 Å². The number of hydrogen-bond donors (Lipinski definition) is 1. The van der Waals surface area contributed by atoms with Crippen LogP contribution < -0.4 is 5.73 Å². The van der Waals surface area contributed by atoms with E-state index in [1.165, 1.54) is 44.9 Å². The van der Waals surface area contributed by atoms with Crippen molar-refractivity contribution in [3.8, 4) is 0 Å². The molecule has 3 aliphatic carbocycles. The van der Waals surface area contributed by atoms with Crippen molar-refractivity contribution >= 4 is 5.91 Å². The molecule has 0 radical (unpaired) electrons. The van der Waals surface area contributed by atoms with Gasteiger partial charge in [0.15, 0.2) is 0 Å². The number of nitrogens with zero attached hydrogens (tertiary/aromatic N) is 1. The van der Waals surface area contributed by atoms with Gasteiger partial charge in [0.1, 0.15) is 0 Å². The summed E-state index contributed by atoms with van der Waals surface area (Å²) in [7, 11) is 0. The zero-order valence-electron chi connectivity index (χ0n) is 12.7. The van der Waals surface area contributed by atoms with Gasteiger partial charge in [0.25, 0.3) is 0 Å². The second-order valence-corrected chi connectivity index (χ2v) is 7.35. The monoisotopic (exact) mass is 278 g/mol. The molecule has 3 heteroatoms. The number of carbonyl (C=O) groups is 1. The van der Waals surface area contributed by atoms with Crippen LogP contribution in [0.4, 0.5) is 0 Å². The number of amides is 1. The lowest BCUT2D eigenvalue weighted by atomic mass is 9.84. The fourth-order valence-electron chi connectivity index (χ4n) is 4.08. The van der Waals surface area contributed by atoms with E-state index < -0.39 is 0 Å². The van der Waals surface area contributed by atoms with Gasteiger partial charge < -0.3 is 10.6 Å². The summed E-state index contributed by atoms with van der Waals surface area (Å²) < 4.78 is 0. The predicted octanol–water partition coefficient (Wildman–Crippen LogP) is 3.08. The standard InChI is InChI=1S/C17H30N2O/c18-15-6-4-5-14(11-15)17(20)19(12-13-9-10-13)16-7-2-1-3-8-16/h13-16H,1-12,18H2. The van der Waals surface area contributed by atoms with Crippen LogP contribution in [0.1, 0.15) is 70.6 Å². The smallest absolute Gasteiger partial charge is 0.225 e. The third kappa shape index (κ3) is 3.55. The van der Waals surface area contributed by atoms with Crippen molar-refractivity contribution in [2.24, 2.45) is 17.6 Å². The Morgan fingerprint density at radius 1 is 0.950 bits per heavy atom. The molecule has 20 heavy (non-hydrogen) atoms. The van der Waals surface area contributed by atoms with Crippen molar-refractivity contribution in [3.05, 3.63) is 0 Å². The van der Waals surface area contributed by atoms with Crippen molar-refractivity contribution < 1.29 is 4.79 Å². The molecular weight excluding hydrogens is 248 g/mol. The Labute approximate surface area is 123 Å². The normalized spacial score (nSPS) is 32.0. The number of carbonyl (C=O) groups excluding carboxylic acids is 1. The van der Waals surface area contributed by atoms with E-state index in [4.69, 9.17) is 5.73 Å². The molecule has 0 bridgehead atoms. The molecule has 0 heterocycles. The second-order valence-electron chi connectivity index (χ2n) is 7.35. The molecule has 0 aliphatic heterocycles. The lowest BCUT2D eigenvalue weighted by Crippen LogP contribution is -2.47. The van der Waals surface area contributed by atoms with Gasteiger partial charge in [0, 0.05) is 24.5 Å².